The molecule has 0 spiro atoms. The number of thiophene rings is 2. The molecule has 3 aromatic rings. The largest absolute Gasteiger partial charge is 0.380 e. The summed E-state index contributed by atoms with van der Waals surface area (Å²) in [5.41, 5.74) is 1.29. The van der Waals surface area contributed by atoms with E-state index in [2.05, 4.69) is 5.32 Å². The second-order valence-corrected chi connectivity index (χ2v) is 8.84. The molecule has 1 fully saturated rings. The van der Waals surface area contributed by atoms with Gasteiger partial charge < -0.3 is 15.0 Å². The number of nitrogens with zero attached hydrogens (tertiary/aromatic N) is 1. The van der Waals surface area contributed by atoms with Gasteiger partial charge in [0, 0.05) is 52.8 Å². The zero-order valence-corrected chi connectivity index (χ0v) is 17.6. The number of rotatable bonds is 5. The predicted octanol–water partition coefficient (Wildman–Crippen LogP) is 4.28. The van der Waals surface area contributed by atoms with E-state index in [0.717, 1.165) is 4.70 Å². The number of hydrogen-bond acceptors (Lipinski definition) is 5. The van der Waals surface area contributed by atoms with E-state index in [1.807, 2.05) is 16.8 Å². The van der Waals surface area contributed by atoms with Crippen molar-refractivity contribution in [1.29, 1.82) is 0 Å². The first kappa shape index (κ1) is 20.0. The van der Waals surface area contributed by atoms with Crippen LogP contribution in [0.5, 0.6) is 0 Å². The molecule has 2 aromatic heterocycles. The maximum atomic E-state index is 14.4. The van der Waals surface area contributed by atoms with Crippen LogP contribution in [0.1, 0.15) is 38.4 Å². The van der Waals surface area contributed by atoms with Gasteiger partial charge in [-0.25, -0.2) is 4.39 Å². The summed E-state index contributed by atoms with van der Waals surface area (Å²) in [6.45, 7) is 1.29. The van der Waals surface area contributed by atoms with Crippen molar-refractivity contribution in [2.75, 3.05) is 20.2 Å². The van der Waals surface area contributed by atoms with Crippen molar-refractivity contribution in [3.8, 4) is 0 Å². The van der Waals surface area contributed by atoms with E-state index in [1.165, 1.54) is 28.7 Å². The molecule has 152 valence electrons. The van der Waals surface area contributed by atoms with Gasteiger partial charge in [-0.05, 0) is 36.4 Å². The molecule has 4 rings (SSSR count). The van der Waals surface area contributed by atoms with Crippen LogP contribution < -0.4 is 5.32 Å². The highest BCUT2D eigenvalue weighted by atomic mass is 32.1. The van der Waals surface area contributed by atoms with Crippen LogP contribution in [0.15, 0.2) is 35.0 Å². The molecule has 0 unspecified atom stereocenters. The van der Waals surface area contributed by atoms with Crippen molar-refractivity contribution in [2.24, 2.45) is 0 Å². The predicted molar refractivity (Wildman–Crippen MR) is 113 cm³/mol. The summed E-state index contributed by atoms with van der Waals surface area (Å²) >= 11 is 2.80. The molecule has 1 aliphatic rings. The smallest absolute Gasteiger partial charge is 0.264 e. The van der Waals surface area contributed by atoms with E-state index >= 15 is 0 Å². The number of methoxy groups -OCH3 is 1. The van der Waals surface area contributed by atoms with Crippen LogP contribution in [0.25, 0.3) is 10.1 Å². The van der Waals surface area contributed by atoms with Gasteiger partial charge in [-0.15, -0.1) is 11.3 Å². The highest BCUT2D eigenvalue weighted by molar-refractivity contribution is 7.21. The topological polar surface area (TPSA) is 58.6 Å². The van der Waals surface area contributed by atoms with E-state index in [9.17, 15) is 14.0 Å². The fourth-order valence-corrected chi connectivity index (χ4v) is 5.48. The first-order valence-electron chi connectivity index (χ1n) is 9.39. The van der Waals surface area contributed by atoms with Crippen molar-refractivity contribution < 1.29 is 18.7 Å². The van der Waals surface area contributed by atoms with Gasteiger partial charge in [0.1, 0.15) is 5.82 Å². The van der Waals surface area contributed by atoms with Crippen LogP contribution in [-0.2, 0) is 11.3 Å². The van der Waals surface area contributed by atoms with Gasteiger partial charge in [0.2, 0.25) is 0 Å². The summed E-state index contributed by atoms with van der Waals surface area (Å²) in [5, 5.41) is 7.22. The molecule has 0 aliphatic carbocycles. The lowest BCUT2D eigenvalue weighted by atomic mass is 10.0. The molecular formula is C21H21FN2O3S2. The van der Waals surface area contributed by atoms with Gasteiger partial charge in [-0.1, -0.05) is 6.07 Å². The van der Waals surface area contributed by atoms with Gasteiger partial charge in [0.15, 0.2) is 0 Å². The fraction of sp³-hybridized carbons (Fsp3) is 0.333. The van der Waals surface area contributed by atoms with Crippen molar-refractivity contribution in [2.45, 2.75) is 25.5 Å². The Bertz CT molecular complexity index is 1020. The second-order valence-electron chi connectivity index (χ2n) is 7.01. The Hall–Kier alpha value is -2.29. The number of fused-ring (bicyclic) bond motifs is 1. The molecule has 1 aromatic carbocycles. The SMILES string of the molecule is COCc1c(C(=O)N2CCC(NC(=O)c3ccsc3)CC2)sc2cccc(F)c12. The monoisotopic (exact) mass is 432 g/mol. The summed E-state index contributed by atoms with van der Waals surface area (Å²) in [6, 6.07) is 6.73. The Balaban J connectivity index is 1.46. The van der Waals surface area contributed by atoms with Crippen LogP contribution in [0, 0.1) is 5.82 Å². The Labute approximate surface area is 176 Å². The molecule has 0 atom stereocenters. The summed E-state index contributed by atoms with van der Waals surface area (Å²) in [6.07, 6.45) is 1.39. The molecule has 1 N–H and O–H groups in total. The zero-order chi connectivity index (χ0) is 20.4. The molecule has 0 radical (unpaired) electrons. The molecular weight excluding hydrogens is 411 g/mol. The number of halogens is 1. The molecule has 5 nitrogen and oxygen atoms in total. The van der Waals surface area contributed by atoms with Crippen molar-refractivity contribution in [3.05, 3.63) is 56.8 Å². The number of nitrogens with one attached hydrogen (secondary N) is 1. The van der Waals surface area contributed by atoms with E-state index in [4.69, 9.17) is 4.74 Å². The molecule has 0 saturated carbocycles. The van der Waals surface area contributed by atoms with E-state index in [0.29, 0.717) is 47.3 Å². The van der Waals surface area contributed by atoms with Crippen molar-refractivity contribution in [3.63, 3.8) is 0 Å². The third kappa shape index (κ3) is 4.05. The Morgan fingerprint density at radius 3 is 2.76 bits per heavy atom. The van der Waals surface area contributed by atoms with Gasteiger partial charge in [-0.2, -0.15) is 11.3 Å². The standard InChI is InChI=1S/C21H21FN2O3S2/c1-27-11-15-18-16(22)3-2-4-17(18)29-19(15)21(26)24-8-5-14(6-9-24)23-20(25)13-7-10-28-12-13/h2-4,7,10,12,14H,5-6,8-9,11H2,1H3,(H,23,25). The summed E-state index contributed by atoms with van der Waals surface area (Å²) < 4.78 is 20.4. The number of hydrogen-bond donors (Lipinski definition) is 1. The zero-order valence-electron chi connectivity index (χ0n) is 15.9. The number of carbonyl (C=O) groups is 2. The Morgan fingerprint density at radius 1 is 1.28 bits per heavy atom. The molecule has 29 heavy (non-hydrogen) atoms. The van der Waals surface area contributed by atoms with Gasteiger partial charge in [0.25, 0.3) is 11.8 Å². The fourth-order valence-electron chi connectivity index (χ4n) is 3.66. The number of piperidine rings is 1. The molecule has 1 saturated heterocycles. The van der Waals surface area contributed by atoms with Gasteiger partial charge in [0.05, 0.1) is 11.5 Å². The molecule has 3 heterocycles. The third-order valence-electron chi connectivity index (χ3n) is 5.15. The quantitative estimate of drug-likeness (QED) is 0.655. The van der Waals surface area contributed by atoms with E-state index < -0.39 is 0 Å². The Kier molecular flexibility index (Phi) is 5.94. The number of ether oxygens (including phenoxy) is 1. The Morgan fingerprint density at radius 2 is 2.07 bits per heavy atom. The molecule has 0 bridgehead atoms. The average Bonchev–Trinajstić information content (AvgIpc) is 3.38. The van der Waals surface area contributed by atoms with Crippen molar-refractivity contribution in [1.82, 2.24) is 10.2 Å². The maximum absolute atomic E-state index is 14.4. The number of amides is 2. The van der Waals surface area contributed by atoms with Crippen LogP contribution in [0.2, 0.25) is 0 Å². The van der Waals surface area contributed by atoms with Gasteiger partial charge >= 0.3 is 0 Å². The third-order valence-corrected chi connectivity index (χ3v) is 7.02. The highest BCUT2D eigenvalue weighted by Gasteiger charge is 2.28. The van der Waals surface area contributed by atoms with E-state index in [1.54, 1.807) is 24.1 Å². The lowest BCUT2D eigenvalue weighted by Gasteiger charge is -2.32. The lowest BCUT2D eigenvalue weighted by molar-refractivity contribution is 0.0699. The average molecular weight is 433 g/mol. The molecule has 2 amide bonds. The minimum absolute atomic E-state index is 0.0461. The first-order chi connectivity index (χ1) is 14.1. The lowest BCUT2D eigenvalue weighted by Crippen LogP contribution is -2.46. The maximum Gasteiger partial charge on any atom is 0.264 e. The number of likely N-dealkylation sites (tertiary alicyclic amines) is 1. The number of carbonyl (C=O) groups excluding carboxylic acids is 2. The van der Waals surface area contributed by atoms with Crippen LogP contribution in [0.3, 0.4) is 0 Å². The van der Waals surface area contributed by atoms with E-state index in [-0.39, 0.29) is 30.3 Å². The van der Waals surface area contributed by atoms with Gasteiger partial charge in [-0.3, -0.25) is 9.59 Å². The minimum Gasteiger partial charge on any atom is -0.380 e. The molecule has 1 aliphatic heterocycles. The minimum atomic E-state index is -0.334. The summed E-state index contributed by atoms with van der Waals surface area (Å²) in [5.74, 6) is -0.502. The normalized spacial score (nSPS) is 15.0. The van der Waals surface area contributed by atoms with Crippen LogP contribution >= 0.6 is 22.7 Å². The molecule has 8 heteroatoms. The first-order valence-corrected chi connectivity index (χ1v) is 11.2. The highest BCUT2D eigenvalue weighted by Crippen LogP contribution is 2.35. The van der Waals surface area contributed by atoms with Crippen LogP contribution in [-0.4, -0.2) is 43.0 Å². The second kappa shape index (κ2) is 8.61. The summed E-state index contributed by atoms with van der Waals surface area (Å²) in [4.78, 5) is 27.7. The van der Waals surface area contributed by atoms with Crippen molar-refractivity contribution >= 4 is 44.6 Å². The van der Waals surface area contributed by atoms with Crippen LogP contribution in [0.4, 0.5) is 4.39 Å². The number of benzene rings is 1. The summed E-state index contributed by atoms with van der Waals surface area (Å²) in [7, 11) is 1.54.